The summed E-state index contributed by atoms with van der Waals surface area (Å²) in [5.41, 5.74) is 0.238. The molecule has 1 saturated heterocycles. The monoisotopic (exact) mass is 251 g/mol. The highest BCUT2D eigenvalue weighted by atomic mass is 16.2. The summed E-state index contributed by atoms with van der Waals surface area (Å²) >= 11 is 0. The molecule has 1 aromatic heterocycles. The Kier molecular flexibility index (Phi) is 5.55. The van der Waals surface area contributed by atoms with E-state index in [1.54, 1.807) is 11.8 Å². The van der Waals surface area contributed by atoms with Crippen LogP contribution in [-0.2, 0) is 11.2 Å². The van der Waals surface area contributed by atoms with Crippen molar-refractivity contribution in [2.24, 2.45) is 0 Å². The largest absolute Gasteiger partial charge is 0.342 e. The second-order valence-corrected chi connectivity index (χ2v) is 4.09. The van der Waals surface area contributed by atoms with E-state index in [1.807, 2.05) is 13.8 Å². The summed E-state index contributed by atoms with van der Waals surface area (Å²) in [5, 5.41) is 0. The number of amides is 1. The number of rotatable bonds is 2. The van der Waals surface area contributed by atoms with Crippen LogP contribution in [0.4, 0.5) is 0 Å². The fourth-order valence-corrected chi connectivity index (χ4v) is 1.88. The van der Waals surface area contributed by atoms with E-state index in [1.165, 1.54) is 6.20 Å². The number of H-pyrrole nitrogens is 1. The Hall–Kier alpha value is -1.65. The van der Waals surface area contributed by atoms with Crippen molar-refractivity contribution in [1.29, 1.82) is 0 Å². The summed E-state index contributed by atoms with van der Waals surface area (Å²) in [6.07, 6.45) is 3.77. The van der Waals surface area contributed by atoms with Gasteiger partial charge in [0.05, 0.1) is 6.42 Å². The van der Waals surface area contributed by atoms with E-state index < -0.39 is 0 Å². The average Bonchev–Trinajstić information content (AvgIpc) is 2.89. The van der Waals surface area contributed by atoms with Gasteiger partial charge in [0.15, 0.2) is 0 Å². The highest BCUT2D eigenvalue weighted by Crippen LogP contribution is 2.08. The molecule has 0 atom stereocenters. The van der Waals surface area contributed by atoms with E-state index in [9.17, 15) is 9.59 Å². The molecule has 0 saturated carbocycles. The van der Waals surface area contributed by atoms with Gasteiger partial charge in [-0.2, -0.15) is 0 Å². The van der Waals surface area contributed by atoms with Gasteiger partial charge >= 0.3 is 0 Å². The van der Waals surface area contributed by atoms with Crippen LogP contribution in [0.15, 0.2) is 11.0 Å². The Morgan fingerprint density at radius 2 is 2.00 bits per heavy atom. The lowest BCUT2D eigenvalue weighted by molar-refractivity contribution is -0.129. The van der Waals surface area contributed by atoms with E-state index in [-0.39, 0.29) is 17.9 Å². The molecule has 0 bridgehead atoms. The van der Waals surface area contributed by atoms with E-state index >= 15 is 0 Å². The van der Waals surface area contributed by atoms with Crippen molar-refractivity contribution in [3.63, 3.8) is 0 Å². The van der Waals surface area contributed by atoms with Crippen molar-refractivity contribution < 1.29 is 4.79 Å². The molecule has 5 heteroatoms. The summed E-state index contributed by atoms with van der Waals surface area (Å²) in [5.74, 6) is 0.594. The van der Waals surface area contributed by atoms with E-state index in [0.717, 1.165) is 25.9 Å². The first-order chi connectivity index (χ1) is 8.66. The van der Waals surface area contributed by atoms with Crippen LogP contribution in [0.1, 0.15) is 38.1 Å². The molecule has 1 fully saturated rings. The van der Waals surface area contributed by atoms with Crippen LogP contribution in [0.25, 0.3) is 0 Å². The number of hydrogen-bond acceptors (Lipinski definition) is 3. The van der Waals surface area contributed by atoms with Crippen molar-refractivity contribution in [3.05, 3.63) is 27.9 Å². The fraction of sp³-hybridized carbons (Fsp3) is 0.615. The first-order valence-electron chi connectivity index (χ1n) is 6.49. The van der Waals surface area contributed by atoms with Crippen LogP contribution >= 0.6 is 0 Å². The third-order valence-corrected chi connectivity index (χ3v) is 2.80. The molecule has 1 amide bonds. The molecule has 0 aromatic carbocycles. The average molecular weight is 251 g/mol. The first kappa shape index (κ1) is 14.4. The van der Waals surface area contributed by atoms with Crippen LogP contribution in [0.2, 0.25) is 0 Å². The number of carbonyl (C=O) groups excluding carboxylic acids is 1. The predicted octanol–water partition coefficient (Wildman–Crippen LogP) is 1.27. The Balaban J connectivity index is 0.000000771. The van der Waals surface area contributed by atoms with Gasteiger partial charge in [-0.25, -0.2) is 4.98 Å². The SMILES string of the molecule is CC.Cc1ncc(CC(=O)N2CCCC2)c(=O)[nH]1. The van der Waals surface area contributed by atoms with Gasteiger partial charge in [-0.1, -0.05) is 13.8 Å². The van der Waals surface area contributed by atoms with E-state index in [4.69, 9.17) is 0 Å². The summed E-state index contributed by atoms with van der Waals surface area (Å²) in [6.45, 7) is 7.35. The summed E-state index contributed by atoms with van der Waals surface area (Å²) in [4.78, 5) is 31.7. The number of carbonyl (C=O) groups is 1. The number of hydrogen-bond donors (Lipinski definition) is 1. The van der Waals surface area contributed by atoms with Crippen LogP contribution in [0.5, 0.6) is 0 Å². The Labute approximate surface area is 107 Å². The maximum absolute atomic E-state index is 11.8. The third-order valence-electron chi connectivity index (χ3n) is 2.80. The van der Waals surface area contributed by atoms with Gasteiger partial charge in [-0.3, -0.25) is 9.59 Å². The number of nitrogens with zero attached hydrogens (tertiary/aromatic N) is 2. The van der Waals surface area contributed by atoms with Crippen molar-refractivity contribution in [2.45, 2.75) is 40.0 Å². The molecule has 1 aliphatic heterocycles. The van der Waals surface area contributed by atoms with Crippen LogP contribution in [0, 0.1) is 6.92 Å². The molecule has 1 aromatic rings. The number of aromatic nitrogens is 2. The highest BCUT2D eigenvalue weighted by molar-refractivity contribution is 5.78. The molecule has 1 aliphatic rings. The molecule has 2 heterocycles. The van der Waals surface area contributed by atoms with Gasteiger partial charge in [-0.05, 0) is 19.8 Å². The Bertz CT molecular complexity index is 448. The predicted molar refractivity (Wildman–Crippen MR) is 70.5 cm³/mol. The van der Waals surface area contributed by atoms with E-state index in [0.29, 0.717) is 11.4 Å². The van der Waals surface area contributed by atoms with Crippen LogP contribution in [-0.4, -0.2) is 33.9 Å². The van der Waals surface area contributed by atoms with Gasteiger partial charge in [0.25, 0.3) is 5.56 Å². The lowest BCUT2D eigenvalue weighted by Crippen LogP contribution is -2.31. The standard InChI is InChI=1S/C11H15N3O2.C2H6/c1-8-12-7-9(11(16)13-8)6-10(15)14-4-2-3-5-14;1-2/h7H,2-6H2,1H3,(H,12,13,16);1-2H3. The molecular weight excluding hydrogens is 230 g/mol. The molecule has 2 rings (SSSR count). The van der Waals surface area contributed by atoms with Gasteiger partial charge in [-0.15, -0.1) is 0 Å². The second kappa shape index (κ2) is 6.93. The minimum absolute atomic E-state index is 0.0219. The van der Waals surface area contributed by atoms with Crippen molar-refractivity contribution in [2.75, 3.05) is 13.1 Å². The molecule has 0 aliphatic carbocycles. The third kappa shape index (κ3) is 3.68. The second-order valence-electron chi connectivity index (χ2n) is 4.09. The molecule has 0 radical (unpaired) electrons. The van der Waals surface area contributed by atoms with Gasteiger partial charge in [0.2, 0.25) is 5.91 Å². The van der Waals surface area contributed by atoms with Crippen molar-refractivity contribution in [1.82, 2.24) is 14.9 Å². The molecule has 18 heavy (non-hydrogen) atoms. The zero-order chi connectivity index (χ0) is 13.5. The van der Waals surface area contributed by atoms with E-state index in [2.05, 4.69) is 9.97 Å². The van der Waals surface area contributed by atoms with Crippen LogP contribution in [0.3, 0.4) is 0 Å². The molecular formula is C13H21N3O2. The molecule has 0 unspecified atom stereocenters. The first-order valence-corrected chi connectivity index (χ1v) is 6.49. The molecule has 100 valence electrons. The molecule has 5 nitrogen and oxygen atoms in total. The number of likely N-dealkylation sites (tertiary alicyclic amines) is 1. The minimum atomic E-state index is -0.208. The molecule has 0 spiro atoms. The quantitative estimate of drug-likeness (QED) is 0.860. The summed E-state index contributed by atoms with van der Waals surface area (Å²) in [6, 6.07) is 0. The normalized spacial score (nSPS) is 14.1. The lowest BCUT2D eigenvalue weighted by Gasteiger charge is -2.14. The maximum atomic E-state index is 11.8. The summed E-state index contributed by atoms with van der Waals surface area (Å²) < 4.78 is 0. The van der Waals surface area contributed by atoms with Gasteiger partial charge in [0.1, 0.15) is 5.82 Å². The van der Waals surface area contributed by atoms with Gasteiger partial charge in [0, 0.05) is 24.8 Å². The topological polar surface area (TPSA) is 66.1 Å². The number of nitrogens with one attached hydrogen (secondary N) is 1. The minimum Gasteiger partial charge on any atom is -0.342 e. The van der Waals surface area contributed by atoms with Crippen LogP contribution < -0.4 is 5.56 Å². The fourth-order valence-electron chi connectivity index (χ4n) is 1.88. The number of aromatic amines is 1. The smallest absolute Gasteiger partial charge is 0.254 e. The van der Waals surface area contributed by atoms with Crippen molar-refractivity contribution in [3.8, 4) is 0 Å². The zero-order valence-corrected chi connectivity index (χ0v) is 11.3. The Morgan fingerprint density at radius 1 is 1.39 bits per heavy atom. The highest BCUT2D eigenvalue weighted by Gasteiger charge is 2.19. The summed E-state index contributed by atoms with van der Waals surface area (Å²) in [7, 11) is 0. The zero-order valence-electron chi connectivity index (χ0n) is 11.3. The lowest BCUT2D eigenvalue weighted by atomic mass is 10.2. The Morgan fingerprint density at radius 3 is 2.56 bits per heavy atom. The van der Waals surface area contributed by atoms with Gasteiger partial charge < -0.3 is 9.88 Å². The molecule has 1 N–H and O–H groups in total. The number of aryl methyl sites for hydroxylation is 1. The maximum Gasteiger partial charge on any atom is 0.254 e. The van der Waals surface area contributed by atoms with Crippen molar-refractivity contribution >= 4 is 5.91 Å².